The molecule has 0 saturated heterocycles. The lowest BCUT2D eigenvalue weighted by Gasteiger charge is -2.12. The van der Waals surface area contributed by atoms with Gasteiger partial charge in [-0.25, -0.2) is 0 Å². The average molecular weight is 415 g/mol. The second-order valence-corrected chi connectivity index (χ2v) is 7.14. The number of thiocarbonyl (C=S) groups is 1. The van der Waals surface area contributed by atoms with Gasteiger partial charge < -0.3 is 14.8 Å². The van der Waals surface area contributed by atoms with Crippen molar-refractivity contribution in [1.82, 2.24) is 5.32 Å². The number of anilines is 1. The van der Waals surface area contributed by atoms with Gasteiger partial charge in [0.15, 0.2) is 5.11 Å². The van der Waals surface area contributed by atoms with Gasteiger partial charge >= 0.3 is 0 Å². The van der Waals surface area contributed by atoms with E-state index in [0.29, 0.717) is 22.1 Å². The van der Waals surface area contributed by atoms with Crippen LogP contribution in [-0.4, -0.2) is 16.1 Å². The van der Waals surface area contributed by atoms with E-state index in [4.69, 9.17) is 33.3 Å². The highest BCUT2D eigenvalue weighted by molar-refractivity contribution is 7.80. The van der Waals surface area contributed by atoms with Gasteiger partial charge in [-0.2, -0.15) is 0 Å². The van der Waals surface area contributed by atoms with Gasteiger partial charge in [0.2, 0.25) is 0 Å². The fourth-order valence-corrected chi connectivity index (χ4v) is 3.09. The van der Waals surface area contributed by atoms with Crippen molar-refractivity contribution in [3.05, 3.63) is 76.0 Å². The van der Waals surface area contributed by atoms with E-state index < -0.39 is 0 Å². The second kappa shape index (κ2) is 8.56. The number of furan rings is 1. The number of hydrogen-bond donors (Lipinski definition) is 3. The van der Waals surface area contributed by atoms with Crippen LogP contribution in [0, 0.1) is 13.8 Å². The molecule has 0 spiro atoms. The molecule has 0 bridgehead atoms. The monoisotopic (exact) mass is 414 g/mol. The highest BCUT2D eigenvalue weighted by Crippen LogP contribution is 2.27. The molecule has 28 heavy (non-hydrogen) atoms. The number of amides is 1. The van der Waals surface area contributed by atoms with Gasteiger partial charge in [0.05, 0.1) is 0 Å². The Bertz CT molecular complexity index is 1050. The molecule has 0 aliphatic heterocycles. The molecule has 1 aromatic heterocycles. The van der Waals surface area contributed by atoms with E-state index in [1.54, 1.807) is 24.3 Å². The third-order valence-corrected chi connectivity index (χ3v) is 4.84. The molecular formula is C21H19ClN2O3S. The zero-order chi connectivity index (χ0) is 20.3. The van der Waals surface area contributed by atoms with Crippen molar-refractivity contribution in [1.29, 1.82) is 0 Å². The summed E-state index contributed by atoms with van der Waals surface area (Å²) in [6, 6.07) is 14.3. The first kappa shape index (κ1) is 20.1. The lowest BCUT2D eigenvalue weighted by Crippen LogP contribution is -2.34. The fourth-order valence-electron chi connectivity index (χ4n) is 2.70. The Hall–Kier alpha value is -2.67. The number of carbonyl (C=O) groups is 1. The van der Waals surface area contributed by atoms with Gasteiger partial charge in [-0.05, 0) is 79.7 Å². The molecule has 3 N–H and O–H groups in total. The molecule has 144 valence electrons. The van der Waals surface area contributed by atoms with Gasteiger partial charge in [-0.1, -0.05) is 17.7 Å². The number of rotatable bonds is 4. The molecule has 2 aromatic carbocycles. The van der Waals surface area contributed by atoms with E-state index >= 15 is 0 Å². The van der Waals surface area contributed by atoms with Crippen LogP contribution >= 0.6 is 23.8 Å². The molecule has 0 radical (unpaired) electrons. The van der Waals surface area contributed by atoms with Crippen molar-refractivity contribution in [2.75, 3.05) is 5.32 Å². The van der Waals surface area contributed by atoms with Crippen molar-refractivity contribution in [3.63, 3.8) is 0 Å². The number of nitrogens with one attached hydrogen (secondary N) is 2. The molecule has 3 aromatic rings. The summed E-state index contributed by atoms with van der Waals surface area (Å²) in [7, 11) is 0. The normalized spacial score (nSPS) is 10.6. The van der Waals surface area contributed by atoms with E-state index in [9.17, 15) is 4.79 Å². The van der Waals surface area contributed by atoms with Crippen LogP contribution in [0.15, 0.2) is 52.9 Å². The maximum absolute atomic E-state index is 12.3. The van der Waals surface area contributed by atoms with Crippen molar-refractivity contribution in [2.45, 2.75) is 20.5 Å². The Morgan fingerprint density at radius 1 is 1.11 bits per heavy atom. The Kier molecular flexibility index (Phi) is 6.14. The Labute approximate surface area is 173 Å². The number of aryl methyl sites for hydroxylation is 2. The van der Waals surface area contributed by atoms with Crippen LogP contribution in [0.4, 0.5) is 5.69 Å². The summed E-state index contributed by atoms with van der Waals surface area (Å²) in [5, 5.41) is 15.5. The molecule has 5 nitrogen and oxygen atoms in total. The van der Waals surface area contributed by atoms with Gasteiger partial charge in [-0.3, -0.25) is 10.1 Å². The maximum atomic E-state index is 12.3. The molecule has 0 atom stereocenters. The predicted molar refractivity (Wildman–Crippen MR) is 115 cm³/mol. The number of hydrogen-bond acceptors (Lipinski definition) is 4. The summed E-state index contributed by atoms with van der Waals surface area (Å²) in [4.78, 5) is 12.3. The number of aliphatic hydroxyl groups is 1. The van der Waals surface area contributed by atoms with E-state index in [1.165, 1.54) is 0 Å². The van der Waals surface area contributed by atoms with Crippen molar-refractivity contribution in [3.8, 4) is 11.3 Å². The Morgan fingerprint density at radius 3 is 2.54 bits per heavy atom. The van der Waals surface area contributed by atoms with E-state index in [1.807, 2.05) is 38.1 Å². The number of aliphatic hydroxyl groups excluding tert-OH is 1. The molecule has 1 amide bonds. The van der Waals surface area contributed by atoms with E-state index in [-0.39, 0.29) is 17.6 Å². The topological polar surface area (TPSA) is 74.5 Å². The first-order chi connectivity index (χ1) is 13.4. The minimum absolute atomic E-state index is 0.140. The lowest BCUT2D eigenvalue weighted by atomic mass is 10.1. The van der Waals surface area contributed by atoms with Gasteiger partial charge in [-0.15, -0.1) is 0 Å². The third-order valence-electron chi connectivity index (χ3n) is 4.23. The van der Waals surface area contributed by atoms with Crippen LogP contribution in [0.25, 0.3) is 11.3 Å². The minimum Gasteiger partial charge on any atom is -0.459 e. The number of benzene rings is 2. The largest absolute Gasteiger partial charge is 0.459 e. The van der Waals surface area contributed by atoms with Crippen molar-refractivity contribution < 1.29 is 14.3 Å². The second-order valence-electron chi connectivity index (χ2n) is 6.33. The number of carbonyl (C=O) groups excluding carboxylic acids is 1. The molecular weight excluding hydrogens is 396 g/mol. The Balaban J connectivity index is 1.67. The van der Waals surface area contributed by atoms with Crippen LogP contribution < -0.4 is 10.6 Å². The van der Waals surface area contributed by atoms with Crippen molar-refractivity contribution in [2.24, 2.45) is 0 Å². The molecule has 0 aliphatic carbocycles. The predicted octanol–water partition coefficient (Wildman–Crippen LogP) is 4.84. The zero-order valence-corrected chi connectivity index (χ0v) is 16.9. The van der Waals surface area contributed by atoms with Crippen LogP contribution in [0.1, 0.15) is 27.2 Å². The fraction of sp³-hybridized carbons (Fsp3) is 0.143. The third kappa shape index (κ3) is 4.59. The summed E-state index contributed by atoms with van der Waals surface area (Å²) in [6.07, 6.45) is 0. The van der Waals surface area contributed by atoms with Crippen LogP contribution in [0.5, 0.6) is 0 Å². The summed E-state index contributed by atoms with van der Waals surface area (Å²) in [6.45, 7) is 3.67. The molecule has 0 saturated carbocycles. The highest BCUT2D eigenvalue weighted by atomic mass is 35.5. The molecule has 0 unspecified atom stereocenters. The summed E-state index contributed by atoms with van der Waals surface area (Å²) >= 11 is 11.3. The van der Waals surface area contributed by atoms with E-state index in [0.717, 1.165) is 22.4 Å². The zero-order valence-electron chi connectivity index (χ0n) is 15.4. The van der Waals surface area contributed by atoms with E-state index in [2.05, 4.69) is 10.6 Å². The van der Waals surface area contributed by atoms with Crippen LogP contribution in [-0.2, 0) is 6.61 Å². The Morgan fingerprint density at radius 2 is 1.89 bits per heavy atom. The van der Waals surface area contributed by atoms with Crippen molar-refractivity contribution >= 4 is 40.5 Å². The SMILES string of the molecule is Cc1ccc(C(=O)NC(=S)Nc2ccc(-c3ccc(CO)o3)c(C)c2)cc1Cl. The first-order valence-electron chi connectivity index (χ1n) is 8.56. The number of halogens is 1. The van der Waals surface area contributed by atoms with Crippen LogP contribution in [0.2, 0.25) is 5.02 Å². The lowest BCUT2D eigenvalue weighted by molar-refractivity contribution is 0.0977. The summed E-state index contributed by atoms with van der Waals surface area (Å²) < 4.78 is 5.58. The smallest absolute Gasteiger partial charge is 0.257 e. The maximum Gasteiger partial charge on any atom is 0.257 e. The minimum atomic E-state index is -0.333. The molecule has 3 rings (SSSR count). The molecule has 0 aliphatic rings. The molecule has 0 fully saturated rings. The quantitative estimate of drug-likeness (QED) is 0.533. The summed E-state index contributed by atoms with van der Waals surface area (Å²) in [5.41, 5.74) is 3.95. The van der Waals surface area contributed by atoms with Gasteiger partial charge in [0.1, 0.15) is 18.1 Å². The first-order valence-corrected chi connectivity index (χ1v) is 9.35. The van der Waals surface area contributed by atoms with Gasteiger partial charge in [0.25, 0.3) is 5.91 Å². The average Bonchev–Trinajstić information content (AvgIpc) is 3.12. The standard InChI is InChI=1S/C21H19ClN2O3S/c1-12-3-4-14(10-18(12)22)20(26)24-21(28)23-15-5-7-17(13(2)9-15)19-8-6-16(11-25)27-19/h3-10,25H,11H2,1-2H3,(H2,23,24,26,28). The van der Waals surface area contributed by atoms with Gasteiger partial charge in [0, 0.05) is 21.8 Å². The summed E-state index contributed by atoms with van der Waals surface area (Å²) in [5.74, 6) is 0.858. The molecule has 1 heterocycles. The highest BCUT2D eigenvalue weighted by Gasteiger charge is 2.11. The van der Waals surface area contributed by atoms with Crippen LogP contribution in [0.3, 0.4) is 0 Å². The molecule has 7 heteroatoms.